The largest absolute Gasteiger partial charge is 0.462 e. The quantitative estimate of drug-likeness (QED) is 0.518. The number of ether oxygens (including phenoxy) is 1. The van der Waals surface area contributed by atoms with Crippen LogP contribution in [0.3, 0.4) is 0 Å². The molecule has 1 N–H and O–H groups in total. The number of rotatable bonds is 6. The van der Waals surface area contributed by atoms with Gasteiger partial charge in [0.05, 0.1) is 25.0 Å². The Morgan fingerprint density at radius 2 is 1.82 bits per heavy atom. The van der Waals surface area contributed by atoms with Crippen molar-refractivity contribution in [1.29, 1.82) is 0 Å². The van der Waals surface area contributed by atoms with Gasteiger partial charge in [0.1, 0.15) is 6.33 Å². The van der Waals surface area contributed by atoms with Gasteiger partial charge in [0.25, 0.3) is 0 Å². The molecule has 7 nitrogen and oxygen atoms in total. The fourth-order valence-electron chi connectivity index (χ4n) is 2.91. The van der Waals surface area contributed by atoms with Crippen LogP contribution in [-0.4, -0.2) is 32.1 Å². The minimum Gasteiger partial charge on any atom is -0.462 e. The number of fused-ring (bicyclic) bond motifs is 1. The highest BCUT2D eigenvalue weighted by atomic mass is 16.5. The van der Waals surface area contributed by atoms with E-state index in [1.54, 1.807) is 37.5 Å². The Morgan fingerprint density at radius 3 is 2.57 bits per heavy atom. The predicted octanol–water partition coefficient (Wildman–Crippen LogP) is 3.79. The summed E-state index contributed by atoms with van der Waals surface area (Å²) in [6.45, 7) is 2.82. The van der Waals surface area contributed by atoms with E-state index in [4.69, 9.17) is 4.74 Å². The Balaban J connectivity index is 1.57. The first-order valence-electron chi connectivity index (χ1n) is 8.98. The van der Waals surface area contributed by atoms with Gasteiger partial charge in [0.2, 0.25) is 0 Å². The molecular formula is C21H19N5O2. The van der Waals surface area contributed by atoms with Gasteiger partial charge >= 0.3 is 5.97 Å². The molecule has 0 atom stereocenters. The molecule has 0 bridgehead atoms. The summed E-state index contributed by atoms with van der Waals surface area (Å²) >= 11 is 0. The van der Waals surface area contributed by atoms with E-state index in [0.717, 1.165) is 11.3 Å². The molecule has 0 aliphatic carbocycles. The van der Waals surface area contributed by atoms with Crippen LogP contribution in [0.4, 0.5) is 11.5 Å². The third-order valence-corrected chi connectivity index (χ3v) is 4.26. The molecule has 4 aromatic rings. The number of nitrogens with zero attached hydrogens (tertiary/aromatic N) is 4. The Labute approximate surface area is 162 Å². The first kappa shape index (κ1) is 17.7. The van der Waals surface area contributed by atoms with Crippen molar-refractivity contribution in [3.63, 3.8) is 0 Å². The lowest BCUT2D eigenvalue weighted by Gasteiger charge is -2.08. The van der Waals surface area contributed by atoms with E-state index in [1.807, 2.05) is 22.8 Å². The second-order valence-electron chi connectivity index (χ2n) is 6.18. The summed E-state index contributed by atoms with van der Waals surface area (Å²) in [5.74, 6) is 0.277. The van der Waals surface area contributed by atoms with Crippen molar-refractivity contribution in [3.8, 4) is 0 Å². The zero-order chi connectivity index (χ0) is 19.3. The van der Waals surface area contributed by atoms with Crippen molar-refractivity contribution in [2.45, 2.75) is 13.5 Å². The van der Waals surface area contributed by atoms with Crippen LogP contribution in [0.5, 0.6) is 0 Å². The highest BCUT2D eigenvalue weighted by molar-refractivity contribution is 5.90. The predicted molar refractivity (Wildman–Crippen MR) is 107 cm³/mol. The Hall–Kier alpha value is -3.74. The van der Waals surface area contributed by atoms with Crippen LogP contribution in [0.2, 0.25) is 0 Å². The normalized spacial score (nSPS) is 10.8. The molecule has 0 saturated heterocycles. The molecule has 7 heteroatoms. The molecule has 0 aliphatic heterocycles. The van der Waals surface area contributed by atoms with Gasteiger partial charge in [-0.2, -0.15) is 0 Å². The van der Waals surface area contributed by atoms with Crippen LogP contribution in [0.25, 0.3) is 11.2 Å². The van der Waals surface area contributed by atoms with Crippen LogP contribution < -0.4 is 5.32 Å². The molecule has 0 aliphatic rings. The van der Waals surface area contributed by atoms with Gasteiger partial charge in [0, 0.05) is 5.69 Å². The third kappa shape index (κ3) is 3.68. The third-order valence-electron chi connectivity index (χ3n) is 4.26. The fourth-order valence-corrected chi connectivity index (χ4v) is 2.91. The molecule has 0 unspecified atom stereocenters. The summed E-state index contributed by atoms with van der Waals surface area (Å²) < 4.78 is 6.99. The van der Waals surface area contributed by atoms with E-state index < -0.39 is 0 Å². The molecule has 0 amide bonds. The highest BCUT2D eigenvalue weighted by Crippen LogP contribution is 2.22. The summed E-state index contributed by atoms with van der Waals surface area (Å²) in [6, 6.07) is 17.2. The van der Waals surface area contributed by atoms with Crippen LogP contribution in [-0.2, 0) is 11.3 Å². The van der Waals surface area contributed by atoms with Crippen molar-refractivity contribution < 1.29 is 9.53 Å². The number of benzene rings is 2. The van der Waals surface area contributed by atoms with E-state index in [1.165, 1.54) is 11.9 Å². The molecule has 0 spiro atoms. The van der Waals surface area contributed by atoms with E-state index in [-0.39, 0.29) is 5.97 Å². The maximum absolute atomic E-state index is 11.8. The summed E-state index contributed by atoms with van der Waals surface area (Å²) in [6.07, 6.45) is 3.28. The van der Waals surface area contributed by atoms with E-state index in [0.29, 0.717) is 30.0 Å². The first-order chi connectivity index (χ1) is 13.7. The Kier molecular flexibility index (Phi) is 4.97. The Bertz CT molecular complexity index is 1090. The zero-order valence-electron chi connectivity index (χ0n) is 15.4. The lowest BCUT2D eigenvalue weighted by molar-refractivity contribution is 0.0526. The summed E-state index contributed by atoms with van der Waals surface area (Å²) in [5, 5.41) is 3.24. The molecule has 0 saturated carbocycles. The van der Waals surface area contributed by atoms with Gasteiger partial charge in [0.15, 0.2) is 17.0 Å². The maximum atomic E-state index is 11.8. The second kappa shape index (κ2) is 7.87. The lowest BCUT2D eigenvalue weighted by Crippen LogP contribution is -2.04. The van der Waals surface area contributed by atoms with Crippen LogP contribution >= 0.6 is 0 Å². The summed E-state index contributed by atoms with van der Waals surface area (Å²) in [7, 11) is 0. The van der Waals surface area contributed by atoms with Gasteiger partial charge in [-0.1, -0.05) is 30.3 Å². The van der Waals surface area contributed by atoms with Gasteiger partial charge in [-0.15, -0.1) is 0 Å². The van der Waals surface area contributed by atoms with Crippen molar-refractivity contribution >= 4 is 28.6 Å². The van der Waals surface area contributed by atoms with Gasteiger partial charge in [-0.3, -0.25) is 0 Å². The monoisotopic (exact) mass is 373 g/mol. The number of carbonyl (C=O) groups excluding carboxylic acids is 1. The standard InChI is InChI=1S/C21H19N5O2/c1-2-28-21(27)16-8-10-17(11-9-16)25-19-18-20(23-13-22-19)26(14-24-18)12-15-6-4-3-5-7-15/h3-11,13-14H,2,12H2,1H3,(H,22,23,25). The molecule has 28 heavy (non-hydrogen) atoms. The smallest absolute Gasteiger partial charge is 0.338 e. The first-order valence-corrected chi connectivity index (χ1v) is 8.98. The molecule has 0 fully saturated rings. The van der Waals surface area contributed by atoms with Crippen molar-refractivity contribution in [1.82, 2.24) is 19.5 Å². The number of imidazole rings is 1. The van der Waals surface area contributed by atoms with E-state index in [2.05, 4.69) is 32.4 Å². The van der Waals surface area contributed by atoms with Crippen LogP contribution in [0, 0.1) is 0 Å². The van der Waals surface area contributed by atoms with Crippen molar-refractivity contribution in [2.24, 2.45) is 0 Å². The van der Waals surface area contributed by atoms with Crippen molar-refractivity contribution in [3.05, 3.63) is 78.4 Å². The van der Waals surface area contributed by atoms with Gasteiger partial charge in [-0.25, -0.2) is 19.7 Å². The Morgan fingerprint density at radius 1 is 1.04 bits per heavy atom. The number of hydrogen-bond acceptors (Lipinski definition) is 6. The van der Waals surface area contributed by atoms with E-state index >= 15 is 0 Å². The second-order valence-corrected chi connectivity index (χ2v) is 6.18. The molecule has 140 valence electrons. The molecule has 4 rings (SSSR count). The van der Waals surface area contributed by atoms with Crippen LogP contribution in [0.15, 0.2) is 67.3 Å². The minimum absolute atomic E-state index is 0.335. The maximum Gasteiger partial charge on any atom is 0.338 e. The lowest BCUT2D eigenvalue weighted by atomic mass is 10.2. The SMILES string of the molecule is CCOC(=O)c1ccc(Nc2ncnc3c2ncn3Cc2ccccc2)cc1. The molecular weight excluding hydrogens is 354 g/mol. The molecule has 2 aromatic carbocycles. The number of esters is 1. The molecule has 0 radical (unpaired) electrons. The number of anilines is 2. The summed E-state index contributed by atoms with van der Waals surface area (Å²) in [4.78, 5) is 25.0. The van der Waals surface area contributed by atoms with E-state index in [9.17, 15) is 4.79 Å². The number of aromatic nitrogens is 4. The average Bonchev–Trinajstić information content (AvgIpc) is 3.13. The number of hydrogen-bond donors (Lipinski definition) is 1. The van der Waals surface area contributed by atoms with Crippen LogP contribution in [0.1, 0.15) is 22.8 Å². The topological polar surface area (TPSA) is 81.9 Å². The van der Waals surface area contributed by atoms with Gasteiger partial charge < -0.3 is 14.6 Å². The molecule has 2 heterocycles. The van der Waals surface area contributed by atoms with Crippen molar-refractivity contribution in [2.75, 3.05) is 11.9 Å². The molecule has 2 aromatic heterocycles. The summed E-state index contributed by atoms with van der Waals surface area (Å²) in [5.41, 5.74) is 3.92. The number of carbonyl (C=O) groups is 1. The number of nitrogens with one attached hydrogen (secondary N) is 1. The average molecular weight is 373 g/mol. The van der Waals surface area contributed by atoms with Gasteiger partial charge in [-0.05, 0) is 36.8 Å². The minimum atomic E-state index is -0.335. The zero-order valence-corrected chi connectivity index (χ0v) is 15.4. The fraction of sp³-hybridized carbons (Fsp3) is 0.143. The highest BCUT2D eigenvalue weighted by Gasteiger charge is 2.11.